The van der Waals surface area contributed by atoms with E-state index in [1.165, 1.54) is 13.0 Å². The number of nitrogens with zero attached hydrogens (tertiary/aromatic N) is 3. The number of fused-ring (bicyclic) bond motifs is 1. The van der Waals surface area contributed by atoms with Crippen molar-refractivity contribution in [2.75, 3.05) is 5.43 Å². The number of alkyl halides is 4. The molecule has 1 fully saturated rings. The summed E-state index contributed by atoms with van der Waals surface area (Å²) >= 11 is 0. The Morgan fingerprint density at radius 1 is 1.42 bits per heavy atom. The third kappa shape index (κ3) is 2.79. The second-order valence-electron chi connectivity index (χ2n) is 6.07. The first kappa shape index (κ1) is 16.2. The molecule has 2 aromatic rings. The van der Waals surface area contributed by atoms with Gasteiger partial charge in [-0.25, -0.2) is 14.1 Å². The molecular formula is C15H12F4N4O. The lowest BCUT2D eigenvalue weighted by atomic mass is 9.79. The Morgan fingerprint density at radius 2 is 2.08 bits per heavy atom. The number of nitrogens with one attached hydrogen (secondary N) is 1. The minimum absolute atomic E-state index is 0.108. The van der Waals surface area contributed by atoms with Crippen molar-refractivity contribution in [1.82, 2.24) is 9.66 Å². The lowest BCUT2D eigenvalue weighted by Gasteiger charge is -2.39. The van der Waals surface area contributed by atoms with Gasteiger partial charge in [-0.1, -0.05) is 0 Å². The first-order chi connectivity index (χ1) is 11.1. The molecule has 0 bridgehead atoms. The van der Waals surface area contributed by atoms with E-state index in [-0.39, 0.29) is 29.4 Å². The van der Waals surface area contributed by atoms with Crippen LogP contribution in [0.5, 0.6) is 0 Å². The van der Waals surface area contributed by atoms with E-state index in [4.69, 9.17) is 5.26 Å². The van der Waals surface area contributed by atoms with Gasteiger partial charge in [0.05, 0.1) is 0 Å². The average molecular weight is 340 g/mol. The van der Waals surface area contributed by atoms with Gasteiger partial charge < -0.3 is 5.43 Å². The maximum Gasteiger partial charge on any atom is 0.433 e. The van der Waals surface area contributed by atoms with Crippen molar-refractivity contribution in [3.8, 4) is 6.07 Å². The van der Waals surface area contributed by atoms with Gasteiger partial charge in [-0.05, 0) is 25.1 Å². The lowest BCUT2D eigenvalue weighted by Crippen LogP contribution is -2.50. The van der Waals surface area contributed by atoms with Crippen molar-refractivity contribution in [3.05, 3.63) is 39.8 Å². The minimum atomic E-state index is -4.67. The molecule has 0 spiro atoms. The van der Waals surface area contributed by atoms with Crippen LogP contribution in [0.15, 0.2) is 23.0 Å². The standard InChI is InChI=1S/C15H12F4N4O/c1-14(16)5-10(6-14)22-23-12-8(4-9(7-20)13(23)24)2-3-11(21-12)15(17,18)19/h2-4,10,22H,5-6H2,1H3. The minimum Gasteiger partial charge on any atom is -0.318 e. The predicted molar refractivity (Wildman–Crippen MR) is 77.6 cm³/mol. The summed E-state index contributed by atoms with van der Waals surface area (Å²) in [5.74, 6) is 0. The summed E-state index contributed by atoms with van der Waals surface area (Å²) in [6, 6.07) is 4.38. The summed E-state index contributed by atoms with van der Waals surface area (Å²) in [7, 11) is 0. The fraction of sp³-hybridized carbons (Fsp3) is 0.400. The second-order valence-corrected chi connectivity index (χ2v) is 6.07. The molecule has 0 amide bonds. The molecule has 24 heavy (non-hydrogen) atoms. The third-order valence-electron chi connectivity index (χ3n) is 3.92. The van der Waals surface area contributed by atoms with Crippen LogP contribution < -0.4 is 11.0 Å². The van der Waals surface area contributed by atoms with Crippen LogP contribution in [0.1, 0.15) is 31.0 Å². The Hall–Kier alpha value is -2.63. The zero-order valence-corrected chi connectivity index (χ0v) is 12.5. The van der Waals surface area contributed by atoms with Crippen molar-refractivity contribution < 1.29 is 17.6 Å². The van der Waals surface area contributed by atoms with Crippen LogP contribution in [0.4, 0.5) is 17.6 Å². The average Bonchev–Trinajstić information content (AvgIpc) is 2.46. The van der Waals surface area contributed by atoms with Crippen LogP contribution >= 0.6 is 0 Å². The van der Waals surface area contributed by atoms with Crippen molar-refractivity contribution in [2.45, 2.75) is 37.7 Å². The highest BCUT2D eigenvalue weighted by atomic mass is 19.4. The van der Waals surface area contributed by atoms with Gasteiger partial charge in [0, 0.05) is 24.3 Å². The number of halogens is 4. The summed E-state index contributed by atoms with van der Waals surface area (Å²) in [6.07, 6.45) is -4.45. The van der Waals surface area contributed by atoms with Crippen LogP contribution in [0.3, 0.4) is 0 Å². The number of nitriles is 1. The topological polar surface area (TPSA) is 70.7 Å². The van der Waals surface area contributed by atoms with E-state index < -0.39 is 29.1 Å². The molecule has 1 aliphatic rings. The van der Waals surface area contributed by atoms with E-state index in [1.54, 1.807) is 6.07 Å². The summed E-state index contributed by atoms with van der Waals surface area (Å²) in [5.41, 5.74) is -1.15. The van der Waals surface area contributed by atoms with Crippen LogP contribution in [0.25, 0.3) is 11.0 Å². The molecule has 1 aliphatic carbocycles. The molecule has 0 aliphatic heterocycles. The fourth-order valence-corrected chi connectivity index (χ4v) is 2.78. The highest BCUT2D eigenvalue weighted by Gasteiger charge is 2.41. The predicted octanol–water partition coefficient (Wildman–Crippen LogP) is 2.72. The monoisotopic (exact) mass is 340 g/mol. The van der Waals surface area contributed by atoms with Gasteiger partial charge in [0.1, 0.15) is 23.0 Å². The SMILES string of the molecule is CC1(F)CC(Nn2c(=O)c(C#N)cc3ccc(C(F)(F)F)nc32)C1. The van der Waals surface area contributed by atoms with Crippen molar-refractivity contribution in [3.63, 3.8) is 0 Å². The van der Waals surface area contributed by atoms with Gasteiger partial charge >= 0.3 is 6.18 Å². The molecule has 1 saturated carbocycles. The molecule has 0 aromatic carbocycles. The van der Waals surface area contributed by atoms with Gasteiger partial charge in [-0.15, -0.1) is 0 Å². The molecule has 0 radical (unpaired) electrons. The number of hydrogen-bond acceptors (Lipinski definition) is 4. The molecule has 0 unspecified atom stereocenters. The third-order valence-corrected chi connectivity index (χ3v) is 3.92. The normalized spacial score (nSPS) is 23.6. The van der Waals surface area contributed by atoms with Crippen LogP contribution in [0, 0.1) is 11.3 Å². The molecule has 2 heterocycles. The summed E-state index contributed by atoms with van der Waals surface area (Å²) in [5, 5.41) is 9.23. The Morgan fingerprint density at radius 3 is 2.62 bits per heavy atom. The van der Waals surface area contributed by atoms with E-state index >= 15 is 0 Å². The zero-order valence-electron chi connectivity index (χ0n) is 12.5. The van der Waals surface area contributed by atoms with Crippen LogP contribution in [-0.4, -0.2) is 21.4 Å². The first-order valence-corrected chi connectivity index (χ1v) is 7.10. The molecule has 3 rings (SSSR count). The smallest absolute Gasteiger partial charge is 0.318 e. The molecule has 0 saturated heterocycles. The Bertz CT molecular complexity index is 903. The molecular weight excluding hydrogens is 328 g/mol. The van der Waals surface area contributed by atoms with Gasteiger partial charge in [-0.2, -0.15) is 18.4 Å². The van der Waals surface area contributed by atoms with Gasteiger partial charge in [0.25, 0.3) is 5.56 Å². The lowest BCUT2D eigenvalue weighted by molar-refractivity contribution is -0.141. The maximum atomic E-state index is 13.6. The molecule has 126 valence electrons. The van der Waals surface area contributed by atoms with E-state index in [9.17, 15) is 22.4 Å². The van der Waals surface area contributed by atoms with Gasteiger partial charge in [-0.3, -0.25) is 4.79 Å². The largest absolute Gasteiger partial charge is 0.433 e. The molecule has 0 atom stereocenters. The Labute approximate surface area is 133 Å². The van der Waals surface area contributed by atoms with Crippen LogP contribution in [-0.2, 0) is 6.18 Å². The van der Waals surface area contributed by atoms with E-state index in [1.807, 2.05) is 0 Å². The van der Waals surface area contributed by atoms with Crippen molar-refractivity contribution >= 4 is 11.0 Å². The Kier molecular flexibility index (Phi) is 3.51. The molecule has 1 N–H and O–H groups in total. The fourth-order valence-electron chi connectivity index (χ4n) is 2.78. The van der Waals surface area contributed by atoms with Gasteiger partial charge in [0.2, 0.25) is 0 Å². The highest BCUT2D eigenvalue weighted by Crippen LogP contribution is 2.36. The Balaban J connectivity index is 2.14. The number of pyridine rings is 2. The molecule has 5 nitrogen and oxygen atoms in total. The quantitative estimate of drug-likeness (QED) is 0.854. The number of aromatic nitrogens is 2. The molecule has 9 heteroatoms. The maximum absolute atomic E-state index is 13.6. The zero-order chi connectivity index (χ0) is 17.7. The van der Waals surface area contributed by atoms with E-state index in [0.29, 0.717) is 0 Å². The summed E-state index contributed by atoms with van der Waals surface area (Å²) in [6.45, 7) is 1.40. The van der Waals surface area contributed by atoms with E-state index in [0.717, 1.165) is 16.8 Å². The summed E-state index contributed by atoms with van der Waals surface area (Å²) in [4.78, 5) is 15.8. The van der Waals surface area contributed by atoms with Crippen molar-refractivity contribution in [1.29, 1.82) is 5.26 Å². The highest BCUT2D eigenvalue weighted by molar-refractivity contribution is 5.77. The van der Waals surface area contributed by atoms with E-state index in [2.05, 4.69) is 10.4 Å². The molecule has 2 aromatic heterocycles. The first-order valence-electron chi connectivity index (χ1n) is 7.10. The number of hydrogen-bond donors (Lipinski definition) is 1. The summed E-state index contributed by atoms with van der Waals surface area (Å²) < 4.78 is 53.0. The van der Waals surface area contributed by atoms with Crippen molar-refractivity contribution in [2.24, 2.45) is 0 Å². The number of rotatable bonds is 2. The second kappa shape index (κ2) is 5.19. The van der Waals surface area contributed by atoms with Gasteiger partial charge in [0.15, 0.2) is 5.65 Å². The van der Waals surface area contributed by atoms with Crippen LogP contribution in [0.2, 0.25) is 0 Å².